The van der Waals surface area contributed by atoms with Crippen molar-refractivity contribution in [2.75, 3.05) is 0 Å². The first-order valence-electron chi connectivity index (χ1n) is 6.31. The zero-order chi connectivity index (χ0) is 13.8. The molecule has 1 aromatic carbocycles. The van der Waals surface area contributed by atoms with Gasteiger partial charge in [0.1, 0.15) is 0 Å². The number of aliphatic carboxylic acids is 1. The molecule has 1 aromatic rings. The van der Waals surface area contributed by atoms with Gasteiger partial charge in [-0.3, -0.25) is 9.59 Å². The van der Waals surface area contributed by atoms with Gasteiger partial charge in [-0.1, -0.05) is 28.1 Å². The predicted octanol–water partition coefficient (Wildman–Crippen LogP) is 2.36. The van der Waals surface area contributed by atoms with Crippen molar-refractivity contribution >= 4 is 27.8 Å². The van der Waals surface area contributed by atoms with E-state index in [0.717, 1.165) is 10.0 Å². The van der Waals surface area contributed by atoms with Crippen LogP contribution in [-0.2, 0) is 16.0 Å². The molecule has 102 valence electrons. The molecule has 0 heterocycles. The molecular formula is C14H16BrNO3. The molecule has 0 bridgehead atoms. The van der Waals surface area contributed by atoms with Crippen LogP contribution in [-0.4, -0.2) is 23.0 Å². The number of rotatable bonds is 5. The van der Waals surface area contributed by atoms with E-state index in [-0.39, 0.29) is 17.9 Å². The minimum Gasteiger partial charge on any atom is -0.481 e. The fourth-order valence-electron chi connectivity index (χ4n) is 2.15. The van der Waals surface area contributed by atoms with Gasteiger partial charge >= 0.3 is 5.97 Å². The lowest BCUT2D eigenvalue weighted by molar-refractivity contribution is -0.146. The molecule has 2 rings (SSSR count). The van der Waals surface area contributed by atoms with Crippen LogP contribution in [0.15, 0.2) is 28.7 Å². The summed E-state index contributed by atoms with van der Waals surface area (Å²) in [5, 5.41) is 11.6. The highest BCUT2D eigenvalue weighted by atomic mass is 79.9. The van der Waals surface area contributed by atoms with E-state index in [1.165, 1.54) is 0 Å². The summed E-state index contributed by atoms with van der Waals surface area (Å²) in [6.45, 7) is 0. The topological polar surface area (TPSA) is 66.4 Å². The second-order valence-electron chi connectivity index (χ2n) is 4.90. The van der Waals surface area contributed by atoms with Gasteiger partial charge in [-0.2, -0.15) is 0 Å². The Morgan fingerprint density at radius 1 is 1.26 bits per heavy atom. The van der Waals surface area contributed by atoms with Crippen LogP contribution in [0.3, 0.4) is 0 Å². The van der Waals surface area contributed by atoms with Gasteiger partial charge in [0.15, 0.2) is 0 Å². The summed E-state index contributed by atoms with van der Waals surface area (Å²) in [4.78, 5) is 22.3. The van der Waals surface area contributed by atoms with Crippen molar-refractivity contribution in [3.63, 3.8) is 0 Å². The lowest BCUT2D eigenvalue weighted by atomic mass is 9.80. The first-order chi connectivity index (χ1) is 9.04. The summed E-state index contributed by atoms with van der Waals surface area (Å²) in [5.41, 5.74) is 1.12. The number of halogens is 1. The summed E-state index contributed by atoms with van der Waals surface area (Å²) < 4.78 is 1.02. The lowest BCUT2D eigenvalue weighted by Crippen LogP contribution is -2.46. The van der Waals surface area contributed by atoms with Crippen LogP contribution in [0.25, 0.3) is 0 Å². The number of carbonyl (C=O) groups excluding carboxylic acids is 1. The van der Waals surface area contributed by atoms with E-state index in [2.05, 4.69) is 21.2 Å². The number of nitrogens with one attached hydrogen (secondary N) is 1. The number of hydrogen-bond acceptors (Lipinski definition) is 2. The highest BCUT2D eigenvalue weighted by molar-refractivity contribution is 9.10. The number of carbonyl (C=O) groups is 2. The maximum Gasteiger partial charge on any atom is 0.306 e. The fraction of sp³-hybridized carbons (Fsp3) is 0.429. The van der Waals surface area contributed by atoms with Crippen molar-refractivity contribution in [1.82, 2.24) is 5.32 Å². The van der Waals surface area contributed by atoms with E-state index in [9.17, 15) is 9.59 Å². The average Bonchev–Trinajstić information content (AvgIpc) is 2.32. The highest BCUT2D eigenvalue weighted by Gasteiger charge is 2.34. The third-order valence-electron chi connectivity index (χ3n) is 3.41. The molecule has 0 spiro atoms. The molecule has 0 unspecified atom stereocenters. The molecule has 2 N–H and O–H groups in total. The van der Waals surface area contributed by atoms with E-state index in [4.69, 9.17) is 5.11 Å². The zero-order valence-corrected chi connectivity index (χ0v) is 12.0. The van der Waals surface area contributed by atoms with Crippen molar-refractivity contribution < 1.29 is 14.7 Å². The molecule has 0 radical (unpaired) electrons. The van der Waals surface area contributed by atoms with Gasteiger partial charge in [-0.15, -0.1) is 0 Å². The van der Waals surface area contributed by atoms with Crippen LogP contribution in [0.1, 0.15) is 24.8 Å². The summed E-state index contributed by atoms with van der Waals surface area (Å²) in [5.74, 6) is -1.05. The van der Waals surface area contributed by atoms with Crippen LogP contribution in [0, 0.1) is 5.92 Å². The average molecular weight is 326 g/mol. The summed E-state index contributed by atoms with van der Waals surface area (Å²) in [7, 11) is 0. The van der Waals surface area contributed by atoms with E-state index >= 15 is 0 Å². The lowest BCUT2D eigenvalue weighted by Gasteiger charge is -2.32. The molecule has 1 fully saturated rings. The van der Waals surface area contributed by atoms with Gasteiger partial charge in [-0.25, -0.2) is 0 Å². The van der Waals surface area contributed by atoms with Gasteiger partial charge in [0, 0.05) is 16.9 Å². The first-order valence-corrected chi connectivity index (χ1v) is 7.10. The minimum atomic E-state index is -0.764. The molecule has 1 aliphatic carbocycles. The molecule has 4 nitrogen and oxygen atoms in total. The Morgan fingerprint density at radius 3 is 2.47 bits per heavy atom. The van der Waals surface area contributed by atoms with Crippen molar-refractivity contribution in [1.29, 1.82) is 0 Å². The second-order valence-corrected chi connectivity index (χ2v) is 5.81. The number of benzene rings is 1. The third-order valence-corrected chi connectivity index (χ3v) is 3.94. The van der Waals surface area contributed by atoms with Crippen LogP contribution in [0.4, 0.5) is 0 Å². The number of hydrogen-bond donors (Lipinski definition) is 2. The first kappa shape index (κ1) is 14.1. The Bertz CT molecular complexity index is 466. The summed E-state index contributed by atoms with van der Waals surface area (Å²) >= 11 is 3.37. The molecule has 5 heteroatoms. The van der Waals surface area contributed by atoms with Crippen LogP contribution >= 0.6 is 15.9 Å². The van der Waals surface area contributed by atoms with Gasteiger partial charge in [0.2, 0.25) is 5.91 Å². The largest absolute Gasteiger partial charge is 0.481 e. The number of amides is 1. The maximum atomic E-state index is 11.7. The third kappa shape index (κ3) is 4.06. The summed E-state index contributed by atoms with van der Waals surface area (Å²) in [6, 6.07) is 7.92. The normalized spacial score (nSPS) is 21.5. The number of carboxylic acid groups (broad SMARTS) is 1. The molecule has 1 amide bonds. The number of aryl methyl sites for hydroxylation is 1. The highest BCUT2D eigenvalue weighted by Crippen LogP contribution is 2.27. The van der Waals surface area contributed by atoms with Crippen molar-refractivity contribution in [3.8, 4) is 0 Å². The molecule has 19 heavy (non-hydrogen) atoms. The van der Waals surface area contributed by atoms with Crippen LogP contribution < -0.4 is 5.32 Å². The van der Waals surface area contributed by atoms with E-state index in [1.807, 2.05) is 24.3 Å². The molecule has 0 saturated heterocycles. The molecule has 0 atom stereocenters. The van der Waals surface area contributed by atoms with E-state index in [0.29, 0.717) is 25.7 Å². The Balaban J connectivity index is 1.68. The Labute approximate surface area is 120 Å². The van der Waals surface area contributed by atoms with E-state index in [1.54, 1.807) is 0 Å². The predicted molar refractivity (Wildman–Crippen MR) is 74.8 cm³/mol. The van der Waals surface area contributed by atoms with Gasteiger partial charge in [0.05, 0.1) is 5.92 Å². The van der Waals surface area contributed by atoms with Gasteiger partial charge in [-0.05, 0) is 37.0 Å². The standard InChI is InChI=1S/C14H16BrNO3/c15-11-4-1-9(2-5-11)3-6-13(17)16-12-7-10(8-12)14(18)19/h1-2,4-5,10,12H,3,6-8H2,(H,16,17)(H,18,19). The zero-order valence-electron chi connectivity index (χ0n) is 10.4. The Hall–Kier alpha value is -1.36. The maximum absolute atomic E-state index is 11.7. The van der Waals surface area contributed by atoms with Crippen LogP contribution in [0.2, 0.25) is 0 Å². The molecule has 0 aromatic heterocycles. The monoisotopic (exact) mass is 325 g/mol. The Kier molecular flexibility index (Phi) is 4.58. The van der Waals surface area contributed by atoms with Gasteiger partial charge < -0.3 is 10.4 Å². The Morgan fingerprint density at radius 2 is 1.89 bits per heavy atom. The second kappa shape index (κ2) is 6.19. The number of carboxylic acids is 1. The molecule has 1 saturated carbocycles. The van der Waals surface area contributed by atoms with E-state index < -0.39 is 5.97 Å². The summed E-state index contributed by atoms with van der Waals surface area (Å²) in [6.07, 6.45) is 2.25. The fourth-order valence-corrected chi connectivity index (χ4v) is 2.41. The van der Waals surface area contributed by atoms with Crippen molar-refractivity contribution in [3.05, 3.63) is 34.3 Å². The SMILES string of the molecule is O=C(CCc1ccc(Br)cc1)NC1CC(C(=O)O)C1. The van der Waals surface area contributed by atoms with Crippen molar-refractivity contribution in [2.45, 2.75) is 31.7 Å². The van der Waals surface area contributed by atoms with Crippen LogP contribution in [0.5, 0.6) is 0 Å². The minimum absolute atomic E-state index is 0.00300. The smallest absolute Gasteiger partial charge is 0.306 e. The molecule has 1 aliphatic rings. The molecule has 0 aliphatic heterocycles. The molecular weight excluding hydrogens is 310 g/mol. The quantitative estimate of drug-likeness (QED) is 0.873. The van der Waals surface area contributed by atoms with Gasteiger partial charge in [0.25, 0.3) is 0 Å². The van der Waals surface area contributed by atoms with Crippen molar-refractivity contribution in [2.24, 2.45) is 5.92 Å².